The molecular formula is C16H14N4O2S. The number of rotatable bonds is 3. The van der Waals surface area contributed by atoms with Crippen LogP contribution in [0.5, 0.6) is 0 Å². The molecule has 0 spiro atoms. The average molecular weight is 326 g/mol. The number of nitrogen functional groups attached to an aromatic ring is 1. The van der Waals surface area contributed by atoms with Crippen molar-refractivity contribution < 1.29 is 8.42 Å². The van der Waals surface area contributed by atoms with Gasteiger partial charge in [0.1, 0.15) is 11.0 Å². The lowest BCUT2D eigenvalue weighted by atomic mass is 10.1. The fraction of sp³-hybridized carbons (Fsp3) is 0.0625. The normalized spacial score (nSPS) is 11.3. The van der Waals surface area contributed by atoms with Crippen molar-refractivity contribution in [3.8, 4) is 6.07 Å². The molecule has 116 valence electrons. The molecule has 4 N–H and O–H groups in total. The number of nitriles is 1. The summed E-state index contributed by atoms with van der Waals surface area (Å²) in [5.74, 6) is 0. The minimum Gasteiger partial charge on any atom is -0.398 e. The molecule has 1 heterocycles. The number of aromatic amines is 1. The fourth-order valence-corrected chi connectivity index (χ4v) is 3.72. The summed E-state index contributed by atoms with van der Waals surface area (Å²) in [6, 6.07) is 11.8. The zero-order chi connectivity index (χ0) is 16.6. The number of sulfonamides is 1. The number of aryl methyl sites for hydroxylation is 1. The fourth-order valence-electron chi connectivity index (χ4n) is 2.52. The third-order valence-electron chi connectivity index (χ3n) is 3.62. The van der Waals surface area contributed by atoms with Crippen LogP contribution in [0.4, 0.5) is 11.4 Å². The van der Waals surface area contributed by atoms with Gasteiger partial charge in [0.2, 0.25) is 0 Å². The maximum Gasteiger partial charge on any atom is 0.264 e. The van der Waals surface area contributed by atoms with Gasteiger partial charge in [-0.05, 0) is 30.7 Å². The standard InChI is InChI=1S/C16H14N4O2S/c1-10-6-7-13(16-15(10)11(8-17)9-19-16)20-23(21,22)14-5-3-2-4-12(14)18/h2-7,9,19-20H,18H2,1H3. The SMILES string of the molecule is Cc1ccc(NS(=O)(=O)c2ccccc2N)c2[nH]cc(C#N)c12. The molecule has 0 amide bonds. The first-order valence-electron chi connectivity index (χ1n) is 6.82. The van der Waals surface area contributed by atoms with Crippen molar-refractivity contribution in [2.24, 2.45) is 0 Å². The van der Waals surface area contributed by atoms with E-state index in [-0.39, 0.29) is 10.6 Å². The number of aromatic nitrogens is 1. The highest BCUT2D eigenvalue weighted by molar-refractivity contribution is 7.93. The summed E-state index contributed by atoms with van der Waals surface area (Å²) in [6.07, 6.45) is 1.56. The molecule has 1 aromatic heterocycles. The van der Waals surface area contributed by atoms with Gasteiger partial charge in [-0.2, -0.15) is 5.26 Å². The number of benzene rings is 2. The Morgan fingerprint density at radius 2 is 1.96 bits per heavy atom. The predicted molar refractivity (Wildman–Crippen MR) is 89.4 cm³/mol. The van der Waals surface area contributed by atoms with Gasteiger partial charge in [-0.25, -0.2) is 8.42 Å². The van der Waals surface area contributed by atoms with Crippen molar-refractivity contribution in [3.63, 3.8) is 0 Å². The van der Waals surface area contributed by atoms with E-state index in [0.717, 1.165) is 5.56 Å². The van der Waals surface area contributed by atoms with Gasteiger partial charge in [0.25, 0.3) is 10.0 Å². The van der Waals surface area contributed by atoms with E-state index in [1.807, 2.05) is 6.92 Å². The monoisotopic (exact) mass is 326 g/mol. The number of para-hydroxylation sites is 1. The minimum absolute atomic E-state index is 0.0146. The Balaban J connectivity index is 2.13. The average Bonchev–Trinajstić information content (AvgIpc) is 2.95. The molecule has 0 saturated heterocycles. The number of fused-ring (bicyclic) bond motifs is 1. The second-order valence-electron chi connectivity index (χ2n) is 5.14. The molecule has 23 heavy (non-hydrogen) atoms. The van der Waals surface area contributed by atoms with Crippen LogP contribution in [-0.4, -0.2) is 13.4 Å². The maximum atomic E-state index is 12.6. The van der Waals surface area contributed by atoms with E-state index >= 15 is 0 Å². The molecule has 3 rings (SSSR count). The number of hydrogen-bond acceptors (Lipinski definition) is 4. The van der Waals surface area contributed by atoms with Crippen LogP contribution in [0.2, 0.25) is 0 Å². The topological polar surface area (TPSA) is 112 Å². The molecule has 0 unspecified atom stereocenters. The van der Waals surface area contributed by atoms with Crippen molar-refractivity contribution in [2.75, 3.05) is 10.5 Å². The van der Waals surface area contributed by atoms with Crippen molar-refractivity contribution in [1.29, 1.82) is 5.26 Å². The molecule has 2 aromatic carbocycles. The summed E-state index contributed by atoms with van der Waals surface area (Å²) in [4.78, 5) is 2.97. The molecule has 0 saturated carbocycles. The van der Waals surface area contributed by atoms with Crippen LogP contribution < -0.4 is 10.5 Å². The third-order valence-corrected chi connectivity index (χ3v) is 5.06. The summed E-state index contributed by atoms with van der Waals surface area (Å²) in [6.45, 7) is 1.87. The number of nitrogens with zero attached hydrogens (tertiary/aromatic N) is 1. The van der Waals surface area contributed by atoms with E-state index in [1.54, 1.807) is 30.5 Å². The lowest BCUT2D eigenvalue weighted by Crippen LogP contribution is -2.15. The van der Waals surface area contributed by atoms with Crippen LogP contribution in [-0.2, 0) is 10.0 Å². The number of H-pyrrole nitrogens is 1. The molecule has 0 aliphatic rings. The molecule has 7 heteroatoms. The Morgan fingerprint density at radius 1 is 1.22 bits per heavy atom. The van der Waals surface area contributed by atoms with Crippen LogP contribution in [0.1, 0.15) is 11.1 Å². The highest BCUT2D eigenvalue weighted by Gasteiger charge is 2.19. The van der Waals surface area contributed by atoms with Gasteiger partial charge in [-0.15, -0.1) is 0 Å². The zero-order valence-electron chi connectivity index (χ0n) is 12.3. The number of anilines is 2. The van der Waals surface area contributed by atoms with E-state index in [4.69, 9.17) is 11.0 Å². The van der Waals surface area contributed by atoms with E-state index in [0.29, 0.717) is 22.2 Å². The molecule has 6 nitrogen and oxygen atoms in total. The van der Waals surface area contributed by atoms with E-state index in [1.165, 1.54) is 12.1 Å². The van der Waals surface area contributed by atoms with Crippen LogP contribution in [0, 0.1) is 18.3 Å². The van der Waals surface area contributed by atoms with Gasteiger partial charge >= 0.3 is 0 Å². The first-order valence-corrected chi connectivity index (χ1v) is 8.30. The zero-order valence-corrected chi connectivity index (χ0v) is 13.1. The lowest BCUT2D eigenvalue weighted by molar-refractivity contribution is 0.601. The Hall–Kier alpha value is -2.98. The summed E-state index contributed by atoms with van der Waals surface area (Å²) >= 11 is 0. The molecule has 0 radical (unpaired) electrons. The van der Waals surface area contributed by atoms with Crippen molar-refractivity contribution in [2.45, 2.75) is 11.8 Å². The first-order chi connectivity index (χ1) is 10.9. The quantitative estimate of drug-likeness (QED) is 0.642. The molecule has 0 fully saturated rings. The molecule has 3 aromatic rings. The minimum atomic E-state index is -3.82. The molecule has 0 atom stereocenters. The third kappa shape index (κ3) is 2.49. The molecule has 0 aliphatic heterocycles. The van der Waals surface area contributed by atoms with Crippen LogP contribution >= 0.6 is 0 Å². The Bertz CT molecular complexity index is 1050. The highest BCUT2D eigenvalue weighted by Crippen LogP contribution is 2.30. The predicted octanol–water partition coefficient (Wildman–Crippen LogP) is 2.73. The highest BCUT2D eigenvalue weighted by atomic mass is 32.2. The maximum absolute atomic E-state index is 12.6. The number of hydrogen-bond donors (Lipinski definition) is 3. The van der Waals surface area contributed by atoms with Crippen molar-refractivity contribution >= 4 is 32.3 Å². The van der Waals surface area contributed by atoms with Gasteiger partial charge in [0.15, 0.2) is 0 Å². The Kier molecular flexibility index (Phi) is 3.47. The van der Waals surface area contributed by atoms with Crippen LogP contribution in [0.3, 0.4) is 0 Å². The number of nitrogens with one attached hydrogen (secondary N) is 2. The molecular weight excluding hydrogens is 312 g/mol. The van der Waals surface area contributed by atoms with Gasteiger partial charge in [0, 0.05) is 11.6 Å². The summed E-state index contributed by atoms with van der Waals surface area (Å²) < 4.78 is 27.6. The number of nitrogens with two attached hydrogens (primary N) is 1. The van der Waals surface area contributed by atoms with Crippen molar-refractivity contribution in [3.05, 3.63) is 53.7 Å². The first kappa shape index (κ1) is 14.9. The van der Waals surface area contributed by atoms with E-state index in [9.17, 15) is 8.42 Å². The Morgan fingerprint density at radius 3 is 2.65 bits per heavy atom. The smallest absolute Gasteiger partial charge is 0.264 e. The van der Waals surface area contributed by atoms with Gasteiger partial charge in [-0.1, -0.05) is 18.2 Å². The van der Waals surface area contributed by atoms with Crippen LogP contribution in [0.25, 0.3) is 10.9 Å². The summed E-state index contributed by atoms with van der Waals surface area (Å²) in [5.41, 5.74) is 8.23. The van der Waals surface area contributed by atoms with Gasteiger partial charge < -0.3 is 10.7 Å². The summed E-state index contributed by atoms with van der Waals surface area (Å²) in [5, 5.41) is 9.86. The second kappa shape index (κ2) is 5.34. The largest absolute Gasteiger partial charge is 0.398 e. The molecule has 0 aliphatic carbocycles. The molecule has 0 bridgehead atoms. The van der Waals surface area contributed by atoms with Gasteiger partial charge in [-0.3, -0.25) is 4.72 Å². The van der Waals surface area contributed by atoms with Crippen LogP contribution in [0.15, 0.2) is 47.5 Å². The van der Waals surface area contributed by atoms with E-state index < -0.39 is 10.0 Å². The Labute approximate surface area is 133 Å². The lowest BCUT2D eigenvalue weighted by Gasteiger charge is -2.11. The van der Waals surface area contributed by atoms with Crippen molar-refractivity contribution in [1.82, 2.24) is 4.98 Å². The second-order valence-corrected chi connectivity index (χ2v) is 6.79. The van der Waals surface area contributed by atoms with E-state index in [2.05, 4.69) is 15.8 Å². The summed E-state index contributed by atoms with van der Waals surface area (Å²) in [7, 11) is -3.82. The van der Waals surface area contributed by atoms with Gasteiger partial charge in [0.05, 0.1) is 22.5 Å².